The van der Waals surface area contributed by atoms with Gasteiger partial charge >= 0.3 is 5.97 Å². The summed E-state index contributed by atoms with van der Waals surface area (Å²) >= 11 is 0. The zero-order valence-electron chi connectivity index (χ0n) is 39.9. The molecule has 0 saturated carbocycles. The second-order valence-corrected chi connectivity index (χ2v) is 19.2. The van der Waals surface area contributed by atoms with E-state index in [0.717, 1.165) is 64.2 Å². The lowest BCUT2D eigenvalue weighted by Gasteiger charge is -2.28. The van der Waals surface area contributed by atoms with E-state index in [1.54, 1.807) is 0 Å². The Morgan fingerprint density at radius 3 is 1.40 bits per heavy atom. The fraction of sp³-hybridized carbons (Fsp3) is 0.824. The molecule has 0 aromatic heterocycles. The Balaban J connectivity index is 4.11. The molecule has 0 aliphatic heterocycles. The molecule has 0 heterocycles. The van der Waals surface area contributed by atoms with Crippen LogP contribution in [-0.4, -0.2) is 70.7 Å². The van der Waals surface area contributed by atoms with Crippen LogP contribution in [-0.2, 0) is 27.9 Å². The highest BCUT2D eigenvalue weighted by molar-refractivity contribution is 7.45. The molecule has 0 amide bonds. The molecule has 0 radical (unpaired) electrons. The molecule has 352 valence electrons. The number of ether oxygens (including phenoxy) is 2. The highest BCUT2D eigenvalue weighted by Gasteiger charge is 2.20. The molecule has 0 aromatic carbocycles. The number of carbonyl (C=O) groups excluding carboxylic acids is 1. The summed E-state index contributed by atoms with van der Waals surface area (Å²) in [4.78, 5) is 25.1. The number of nitrogens with zero attached hydrogens (tertiary/aromatic N) is 1. The lowest BCUT2D eigenvalue weighted by atomic mass is 10.0. The minimum atomic E-state index is -4.53. The number of rotatable bonds is 46. The van der Waals surface area contributed by atoms with Gasteiger partial charge in [0.15, 0.2) is 0 Å². The Morgan fingerprint density at radius 1 is 0.517 bits per heavy atom. The lowest BCUT2D eigenvalue weighted by Crippen LogP contribution is -2.37. The van der Waals surface area contributed by atoms with Crippen LogP contribution in [0.15, 0.2) is 48.6 Å². The van der Waals surface area contributed by atoms with Crippen LogP contribution < -0.4 is 4.89 Å². The summed E-state index contributed by atoms with van der Waals surface area (Å²) in [6, 6.07) is 0. The molecule has 2 atom stereocenters. The maximum Gasteiger partial charge on any atom is 0.306 e. The number of hydrogen-bond donors (Lipinski definition) is 0. The zero-order chi connectivity index (χ0) is 44.1. The number of carbonyl (C=O) groups is 1. The summed E-state index contributed by atoms with van der Waals surface area (Å²) in [6.07, 6.45) is 54.2. The summed E-state index contributed by atoms with van der Waals surface area (Å²) in [6.45, 7) is 5.35. The lowest BCUT2D eigenvalue weighted by molar-refractivity contribution is -0.870. The molecular weight excluding hydrogens is 770 g/mol. The van der Waals surface area contributed by atoms with Crippen LogP contribution >= 0.6 is 7.82 Å². The molecule has 0 N–H and O–H groups in total. The summed E-state index contributed by atoms with van der Waals surface area (Å²) in [5, 5.41) is 0. The van der Waals surface area contributed by atoms with E-state index in [0.29, 0.717) is 24.1 Å². The quantitative estimate of drug-likeness (QED) is 0.0198. The van der Waals surface area contributed by atoms with Crippen LogP contribution in [0.25, 0.3) is 0 Å². The second-order valence-electron chi connectivity index (χ2n) is 17.8. The molecule has 0 spiro atoms. The number of likely N-dealkylation sites (N-methyl/N-ethyl adjacent to an activating group) is 1. The Morgan fingerprint density at radius 2 is 0.933 bits per heavy atom. The average molecular weight is 866 g/mol. The minimum Gasteiger partial charge on any atom is -0.756 e. The number of phosphoric acid groups is 1. The van der Waals surface area contributed by atoms with E-state index in [-0.39, 0.29) is 25.8 Å². The van der Waals surface area contributed by atoms with Crippen molar-refractivity contribution >= 4 is 13.8 Å². The standard InChI is InChI=1S/C51H96NO7P/c1-6-8-10-12-14-16-18-20-22-23-24-25-26-27-28-29-30-31-33-35-37-39-41-43-46-56-48-50(49-58-60(54,55)57-47-45-52(3,4)5)59-51(53)44-42-40-38-36-34-32-21-19-17-15-13-11-9-7-2/h13,15,18-21,23-24,50H,6-12,14,16-17,22,25-49H2,1-5H3/b15-13-,20-18-,21-19-,24-23-. The third-order valence-electron chi connectivity index (χ3n) is 10.6. The van der Waals surface area contributed by atoms with Crippen LogP contribution in [0.4, 0.5) is 0 Å². The van der Waals surface area contributed by atoms with Gasteiger partial charge in [-0.3, -0.25) is 9.36 Å². The fourth-order valence-corrected chi connectivity index (χ4v) is 7.44. The van der Waals surface area contributed by atoms with Gasteiger partial charge in [-0.2, -0.15) is 0 Å². The van der Waals surface area contributed by atoms with Crippen LogP contribution in [0.5, 0.6) is 0 Å². The van der Waals surface area contributed by atoms with Crippen LogP contribution in [0.3, 0.4) is 0 Å². The molecule has 0 fully saturated rings. The van der Waals surface area contributed by atoms with E-state index in [1.165, 1.54) is 128 Å². The largest absolute Gasteiger partial charge is 0.756 e. The number of hydrogen-bond acceptors (Lipinski definition) is 7. The van der Waals surface area contributed by atoms with Crippen LogP contribution in [0, 0.1) is 0 Å². The molecule has 0 aliphatic rings. The SMILES string of the molecule is CCCC/C=C\C/C=C\CCCCCCCC(=O)OC(COCCCCCCCCCCCCCC/C=C\C/C=C\CCCCCCC)COP(=O)([O-])OCC[N+](C)(C)C. The number of allylic oxidation sites excluding steroid dienone is 8. The van der Waals surface area contributed by atoms with E-state index in [9.17, 15) is 14.3 Å². The van der Waals surface area contributed by atoms with Gasteiger partial charge < -0.3 is 27.9 Å². The third-order valence-corrected chi connectivity index (χ3v) is 11.6. The molecule has 8 nitrogen and oxygen atoms in total. The molecule has 0 bridgehead atoms. The first-order valence-corrected chi connectivity index (χ1v) is 26.3. The van der Waals surface area contributed by atoms with Crippen molar-refractivity contribution in [1.29, 1.82) is 0 Å². The van der Waals surface area contributed by atoms with E-state index in [4.69, 9.17) is 18.5 Å². The zero-order valence-corrected chi connectivity index (χ0v) is 40.8. The van der Waals surface area contributed by atoms with Crippen molar-refractivity contribution in [3.05, 3.63) is 48.6 Å². The Hall–Kier alpha value is -1.54. The number of quaternary nitrogens is 1. The van der Waals surface area contributed by atoms with Gasteiger partial charge in [-0.1, -0.05) is 184 Å². The average Bonchev–Trinajstić information content (AvgIpc) is 3.20. The molecular formula is C51H96NO7P. The number of esters is 1. The fourth-order valence-electron chi connectivity index (χ4n) is 6.71. The van der Waals surface area contributed by atoms with Gasteiger partial charge in [0.1, 0.15) is 19.3 Å². The maximum absolute atomic E-state index is 12.7. The first-order chi connectivity index (χ1) is 29.1. The van der Waals surface area contributed by atoms with Gasteiger partial charge in [0.25, 0.3) is 7.82 Å². The topological polar surface area (TPSA) is 94.1 Å². The number of phosphoric ester groups is 1. The molecule has 0 aliphatic carbocycles. The Kier molecular flexibility index (Phi) is 43.0. The smallest absolute Gasteiger partial charge is 0.306 e. The van der Waals surface area contributed by atoms with Gasteiger partial charge in [-0.25, -0.2) is 0 Å². The van der Waals surface area contributed by atoms with E-state index < -0.39 is 13.9 Å². The highest BCUT2D eigenvalue weighted by Crippen LogP contribution is 2.38. The van der Waals surface area contributed by atoms with Crippen molar-refractivity contribution in [2.45, 2.75) is 219 Å². The predicted molar refractivity (Wildman–Crippen MR) is 254 cm³/mol. The Labute approximate surface area is 371 Å². The van der Waals surface area contributed by atoms with Crippen molar-refractivity contribution in [3.63, 3.8) is 0 Å². The maximum atomic E-state index is 12.7. The van der Waals surface area contributed by atoms with Crippen molar-refractivity contribution in [2.75, 3.05) is 54.1 Å². The first-order valence-electron chi connectivity index (χ1n) is 24.9. The minimum absolute atomic E-state index is 0.0221. The molecule has 60 heavy (non-hydrogen) atoms. The molecule has 0 aromatic rings. The summed E-state index contributed by atoms with van der Waals surface area (Å²) in [5.74, 6) is -0.348. The van der Waals surface area contributed by atoms with Crippen LogP contribution in [0.1, 0.15) is 213 Å². The first kappa shape index (κ1) is 58.5. The third kappa shape index (κ3) is 47.5. The van der Waals surface area contributed by atoms with Gasteiger partial charge in [0.2, 0.25) is 0 Å². The van der Waals surface area contributed by atoms with E-state index in [1.807, 2.05) is 21.1 Å². The molecule has 0 rings (SSSR count). The van der Waals surface area contributed by atoms with Gasteiger partial charge in [-0.15, -0.1) is 0 Å². The van der Waals surface area contributed by atoms with Gasteiger partial charge in [0, 0.05) is 13.0 Å². The number of unbranched alkanes of at least 4 members (excludes halogenated alkanes) is 24. The normalized spacial score (nSPS) is 14.0. The highest BCUT2D eigenvalue weighted by atomic mass is 31.2. The monoisotopic (exact) mass is 866 g/mol. The summed E-state index contributed by atoms with van der Waals surface area (Å²) in [7, 11) is 1.35. The van der Waals surface area contributed by atoms with Crippen molar-refractivity contribution < 1.29 is 37.3 Å². The van der Waals surface area contributed by atoms with Crippen molar-refractivity contribution in [1.82, 2.24) is 0 Å². The molecule has 2 unspecified atom stereocenters. The van der Waals surface area contributed by atoms with Crippen molar-refractivity contribution in [3.8, 4) is 0 Å². The molecule has 9 heteroatoms. The van der Waals surface area contributed by atoms with Crippen LogP contribution in [0.2, 0.25) is 0 Å². The second kappa shape index (κ2) is 44.1. The van der Waals surface area contributed by atoms with Crippen molar-refractivity contribution in [2.24, 2.45) is 0 Å². The summed E-state index contributed by atoms with van der Waals surface area (Å²) in [5.41, 5.74) is 0. The van der Waals surface area contributed by atoms with Gasteiger partial charge in [0.05, 0.1) is 34.4 Å². The van der Waals surface area contributed by atoms with E-state index in [2.05, 4.69) is 62.5 Å². The molecule has 0 saturated heterocycles. The summed E-state index contributed by atoms with van der Waals surface area (Å²) < 4.78 is 34.7. The van der Waals surface area contributed by atoms with Gasteiger partial charge in [-0.05, 0) is 70.6 Å². The van der Waals surface area contributed by atoms with E-state index >= 15 is 0 Å². The Bertz CT molecular complexity index is 1100. The predicted octanol–water partition coefficient (Wildman–Crippen LogP) is 14.5.